The monoisotopic (exact) mass is 116 g/mol. The summed E-state index contributed by atoms with van der Waals surface area (Å²) in [7, 11) is 0. The third kappa shape index (κ3) is 0.774. The molecule has 0 bridgehead atoms. The largest absolute Gasteiger partial charge is 0.844 e. The third-order valence-corrected chi connectivity index (χ3v) is 0.949. The zero-order valence-corrected chi connectivity index (χ0v) is 4.10. The van der Waals surface area contributed by atoms with Crippen LogP contribution in [0.5, 0.6) is 6.01 Å². The van der Waals surface area contributed by atoms with Gasteiger partial charge in [0.1, 0.15) is 0 Å². The van der Waals surface area contributed by atoms with Gasteiger partial charge in [0.05, 0.1) is 6.01 Å². The van der Waals surface area contributed by atoms with E-state index in [1.54, 1.807) is 0 Å². The predicted molar refractivity (Wildman–Crippen MR) is 23.8 cm³/mol. The molecule has 0 amide bonds. The van der Waals surface area contributed by atoms with E-state index in [1.165, 1.54) is 0 Å². The van der Waals surface area contributed by atoms with Gasteiger partial charge in [0.2, 0.25) is 0 Å². The number of rotatable bonds is 0. The lowest BCUT2D eigenvalue weighted by atomic mass is 11.1. The Morgan fingerprint density at radius 3 is 2.57 bits per heavy atom. The van der Waals surface area contributed by atoms with Crippen molar-refractivity contribution >= 4 is 16.7 Å². The van der Waals surface area contributed by atoms with Gasteiger partial charge in [-0.1, -0.05) is 0 Å². The van der Waals surface area contributed by atoms with Gasteiger partial charge in [0, 0.05) is 11.5 Å². The number of nitrogen functional groups attached to an aromatic ring is 1. The fraction of sp³-hybridized carbons (Fsp3) is 0. The molecule has 38 valence electrons. The predicted octanol–water partition coefficient (Wildman–Crippen LogP) is -0.806. The smallest absolute Gasteiger partial charge is 0.199 e. The molecule has 0 aromatic carbocycles. The molecule has 0 atom stereocenters. The zero-order chi connectivity index (χ0) is 5.28. The van der Waals surface area contributed by atoms with Crippen molar-refractivity contribution in [3.05, 3.63) is 0 Å². The fourth-order valence-corrected chi connectivity index (χ4v) is 0.552. The summed E-state index contributed by atoms with van der Waals surface area (Å²) < 4.78 is 3.27. The number of aromatic nitrogens is 2. The van der Waals surface area contributed by atoms with Crippen molar-refractivity contribution in [2.24, 2.45) is 0 Å². The molecule has 0 saturated heterocycles. The summed E-state index contributed by atoms with van der Waals surface area (Å²) in [6, 6.07) is -0.498. The van der Waals surface area contributed by atoms with Crippen LogP contribution >= 0.6 is 11.5 Å². The van der Waals surface area contributed by atoms with E-state index >= 15 is 0 Å². The Morgan fingerprint density at radius 1 is 1.71 bits per heavy atom. The van der Waals surface area contributed by atoms with E-state index < -0.39 is 6.01 Å². The molecule has 5 heteroatoms. The van der Waals surface area contributed by atoms with Crippen molar-refractivity contribution < 1.29 is 5.11 Å². The second kappa shape index (κ2) is 1.34. The average molecular weight is 116 g/mol. The highest BCUT2D eigenvalue weighted by Gasteiger charge is 1.83. The number of nitrogens with two attached hydrogens (primary N) is 1. The second-order valence-corrected chi connectivity index (χ2v) is 1.70. The van der Waals surface area contributed by atoms with Gasteiger partial charge in [-0.25, -0.2) is 4.98 Å². The standard InChI is InChI=1S/C2H3N3OS/c3-1-4-2(6)5-7-1/h(H3,3,4,5,6)/p-1. The molecule has 0 unspecified atom stereocenters. The van der Waals surface area contributed by atoms with Crippen LogP contribution < -0.4 is 10.8 Å². The van der Waals surface area contributed by atoms with E-state index in [1.807, 2.05) is 0 Å². The van der Waals surface area contributed by atoms with Gasteiger partial charge in [-0.15, -0.1) is 0 Å². The molecule has 1 rings (SSSR count). The van der Waals surface area contributed by atoms with E-state index in [2.05, 4.69) is 9.36 Å². The molecule has 2 N–H and O–H groups in total. The Bertz CT molecular complexity index is 145. The number of nitrogens with zero attached hydrogens (tertiary/aromatic N) is 2. The summed E-state index contributed by atoms with van der Waals surface area (Å²) in [5.41, 5.74) is 5.02. The molecular formula is C2H2N3OS-. The van der Waals surface area contributed by atoms with Gasteiger partial charge in [0.15, 0.2) is 5.13 Å². The van der Waals surface area contributed by atoms with E-state index in [0.29, 0.717) is 0 Å². The normalized spacial score (nSPS) is 9.14. The van der Waals surface area contributed by atoms with E-state index in [-0.39, 0.29) is 5.13 Å². The van der Waals surface area contributed by atoms with Gasteiger partial charge in [-0.05, 0) is 0 Å². The highest BCUT2D eigenvalue weighted by atomic mass is 32.1. The van der Waals surface area contributed by atoms with Gasteiger partial charge >= 0.3 is 0 Å². The van der Waals surface area contributed by atoms with Crippen LogP contribution in [-0.2, 0) is 0 Å². The van der Waals surface area contributed by atoms with Crippen LogP contribution in [0.25, 0.3) is 0 Å². The van der Waals surface area contributed by atoms with Crippen molar-refractivity contribution in [1.29, 1.82) is 0 Å². The molecule has 0 saturated carbocycles. The lowest BCUT2D eigenvalue weighted by Gasteiger charge is -1.86. The molecule has 4 nitrogen and oxygen atoms in total. The molecule has 7 heavy (non-hydrogen) atoms. The van der Waals surface area contributed by atoms with Crippen molar-refractivity contribution in [3.63, 3.8) is 0 Å². The van der Waals surface area contributed by atoms with Crippen LogP contribution in [0.4, 0.5) is 5.13 Å². The first-order valence-corrected chi connectivity index (χ1v) is 2.32. The molecule has 0 radical (unpaired) electrons. The first-order chi connectivity index (χ1) is 3.29. The molecule has 0 fully saturated rings. The quantitative estimate of drug-likeness (QED) is 0.481. The van der Waals surface area contributed by atoms with Crippen LogP contribution in [0.15, 0.2) is 0 Å². The molecule has 0 aliphatic carbocycles. The Kier molecular flexibility index (Phi) is 0.828. The van der Waals surface area contributed by atoms with E-state index in [0.717, 1.165) is 11.5 Å². The lowest BCUT2D eigenvalue weighted by molar-refractivity contribution is -0.280. The summed E-state index contributed by atoms with van der Waals surface area (Å²) >= 11 is 0.909. The third-order valence-electron chi connectivity index (χ3n) is 0.423. The van der Waals surface area contributed by atoms with Crippen molar-refractivity contribution in [1.82, 2.24) is 9.36 Å². The minimum Gasteiger partial charge on any atom is -0.844 e. The highest BCUT2D eigenvalue weighted by molar-refractivity contribution is 7.09. The maximum Gasteiger partial charge on any atom is 0.199 e. The maximum atomic E-state index is 10.00. The SMILES string of the molecule is Nc1nc([O-])ns1. The molecule has 1 aromatic rings. The summed E-state index contributed by atoms with van der Waals surface area (Å²) in [6.07, 6.45) is 0. The minimum atomic E-state index is -0.498. The van der Waals surface area contributed by atoms with Crippen LogP contribution in [0.1, 0.15) is 0 Å². The number of anilines is 1. The summed E-state index contributed by atoms with van der Waals surface area (Å²) in [4.78, 5) is 3.24. The van der Waals surface area contributed by atoms with Gasteiger partial charge in [0.25, 0.3) is 0 Å². The number of hydrogen-bond acceptors (Lipinski definition) is 5. The molecule has 1 heterocycles. The summed E-state index contributed by atoms with van der Waals surface area (Å²) in [6.45, 7) is 0. The Hall–Kier alpha value is -0.840. The van der Waals surface area contributed by atoms with Gasteiger partial charge in [-0.3, -0.25) is 0 Å². The van der Waals surface area contributed by atoms with E-state index in [9.17, 15) is 5.11 Å². The Labute approximate surface area is 43.8 Å². The lowest BCUT2D eigenvalue weighted by Crippen LogP contribution is -1.91. The Balaban J connectivity index is 3.04. The van der Waals surface area contributed by atoms with E-state index in [4.69, 9.17) is 5.73 Å². The van der Waals surface area contributed by atoms with Crippen LogP contribution in [-0.4, -0.2) is 9.36 Å². The maximum absolute atomic E-state index is 10.00. The molecule has 0 aliphatic rings. The first-order valence-electron chi connectivity index (χ1n) is 1.55. The molecular weight excluding hydrogens is 114 g/mol. The van der Waals surface area contributed by atoms with Gasteiger partial charge in [-0.2, -0.15) is 4.37 Å². The van der Waals surface area contributed by atoms with Crippen molar-refractivity contribution in [2.75, 3.05) is 5.73 Å². The summed E-state index contributed by atoms with van der Waals surface area (Å²) in [5, 5.41) is 10.2. The van der Waals surface area contributed by atoms with Crippen LogP contribution in [0.3, 0.4) is 0 Å². The first kappa shape index (κ1) is 4.32. The van der Waals surface area contributed by atoms with Crippen LogP contribution in [0.2, 0.25) is 0 Å². The van der Waals surface area contributed by atoms with Crippen LogP contribution in [0, 0.1) is 0 Å². The second-order valence-electron chi connectivity index (χ2n) is 0.915. The minimum absolute atomic E-state index is 0.227. The summed E-state index contributed by atoms with van der Waals surface area (Å²) in [5.74, 6) is 0. The van der Waals surface area contributed by atoms with Gasteiger partial charge < -0.3 is 10.8 Å². The fourth-order valence-electron chi connectivity index (χ4n) is 0.221. The Morgan fingerprint density at radius 2 is 2.43 bits per heavy atom. The highest BCUT2D eigenvalue weighted by Crippen LogP contribution is 2.06. The topological polar surface area (TPSA) is 74.9 Å². The van der Waals surface area contributed by atoms with Crippen molar-refractivity contribution in [3.8, 4) is 6.01 Å². The average Bonchev–Trinajstić information content (AvgIpc) is 1.87. The van der Waals surface area contributed by atoms with Crippen molar-refractivity contribution in [2.45, 2.75) is 0 Å². The zero-order valence-electron chi connectivity index (χ0n) is 3.29. The molecule has 1 aromatic heterocycles. The molecule has 0 aliphatic heterocycles. The molecule has 0 spiro atoms. The number of hydrogen-bond donors (Lipinski definition) is 1.